The van der Waals surface area contributed by atoms with E-state index in [1.54, 1.807) is 0 Å². The van der Waals surface area contributed by atoms with Crippen molar-refractivity contribution in [3.63, 3.8) is 0 Å². The van der Waals surface area contributed by atoms with Gasteiger partial charge in [0.25, 0.3) is 0 Å². The number of esters is 2. The van der Waals surface area contributed by atoms with Crippen LogP contribution in [-0.2, 0) is 32.7 Å². The summed E-state index contributed by atoms with van der Waals surface area (Å²) in [4.78, 5) is 35.7. The molecule has 0 fully saturated rings. The zero-order valence-corrected chi connectivity index (χ0v) is 53.1. The molecule has 458 valence electrons. The van der Waals surface area contributed by atoms with Gasteiger partial charge in [-0.25, -0.2) is 4.57 Å². The highest BCUT2D eigenvalue weighted by atomic mass is 31.2. The molecule has 0 amide bonds. The van der Waals surface area contributed by atoms with E-state index in [1.165, 1.54) is 225 Å². The highest BCUT2D eigenvalue weighted by molar-refractivity contribution is 7.47. The number of carbonyl (C=O) groups is 2. The zero-order valence-electron chi connectivity index (χ0n) is 52.2. The summed E-state index contributed by atoms with van der Waals surface area (Å²) in [5, 5.41) is 0. The summed E-state index contributed by atoms with van der Waals surface area (Å²) in [5.74, 6) is -0.793. The molecule has 78 heavy (non-hydrogen) atoms. The number of likely N-dealkylation sites (N-methyl/N-ethyl adjacent to an activating group) is 1. The molecule has 0 radical (unpaired) electrons. The second-order valence-electron chi connectivity index (χ2n) is 23.9. The van der Waals surface area contributed by atoms with Crippen LogP contribution in [0.15, 0.2) is 48.6 Å². The van der Waals surface area contributed by atoms with Crippen molar-refractivity contribution in [1.82, 2.24) is 0 Å². The Kier molecular flexibility index (Phi) is 58.0. The van der Waals surface area contributed by atoms with Gasteiger partial charge in [-0.2, -0.15) is 0 Å². The molecule has 0 aliphatic rings. The lowest BCUT2D eigenvalue weighted by molar-refractivity contribution is -0.870. The third kappa shape index (κ3) is 63.2. The highest BCUT2D eigenvalue weighted by Crippen LogP contribution is 2.43. The maximum Gasteiger partial charge on any atom is 0.472 e. The minimum atomic E-state index is -4.39. The Morgan fingerprint density at radius 2 is 0.692 bits per heavy atom. The van der Waals surface area contributed by atoms with Gasteiger partial charge in [-0.05, 0) is 77.0 Å². The standard InChI is InChI=1S/C68H128NO8P/c1-6-8-10-12-14-16-18-20-22-23-24-25-26-27-28-29-30-31-32-33-34-35-36-37-38-39-40-41-42-43-44-45-47-49-51-53-55-57-59-61-68(71)77-66(65-76-78(72,73)75-63-62-69(3,4)5)64-74-67(70)60-58-56-54-52-50-48-46-21-19-17-15-13-11-9-7-2/h18,20-21,23-24,26-27,46,66H,6-17,19,22,25,28-45,47-65H2,1-5H3/p+1/b20-18-,24-23-,27-26-,46-21-. The fourth-order valence-electron chi connectivity index (χ4n) is 9.67. The first kappa shape index (κ1) is 76.0. The maximum atomic E-state index is 12.8. The number of phosphoric ester groups is 1. The van der Waals surface area contributed by atoms with E-state index < -0.39 is 26.5 Å². The molecule has 0 saturated heterocycles. The SMILES string of the molecule is CCCCCCC/C=C\C/C=C\C/C=C\CCCCCCCCCCCCCCCCCCCCCCCCCCC(=O)OC(COC(=O)CCCCCCC/C=C\CCCCCCCC)COP(=O)(O)OCC[N+](C)(C)C. The molecule has 2 unspecified atom stereocenters. The molecule has 0 saturated carbocycles. The number of hydrogen-bond donors (Lipinski definition) is 1. The van der Waals surface area contributed by atoms with Gasteiger partial charge in [-0.1, -0.05) is 281 Å². The first-order valence-corrected chi connectivity index (χ1v) is 34.9. The summed E-state index contributed by atoms with van der Waals surface area (Å²) in [5.41, 5.74) is 0. The van der Waals surface area contributed by atoms with E-state index in [0.29, 0.717) is 17.4 Å². The number of phosphoric acid groups is 1. The number of quaternary nitrogens is 1. The second-order valence-corrected chi connectivity index (χ2v) is 25.3. The van der Waals surface area contributed by atoms with Crippen LogP contribution in [-0.4, -0.2) is 74.9 Å². The van der Waals surface area contributed by atoms with Crippen molar-refractivity contribution in [2.45, 2.75) is 328 Å². The Balaban J connectivity index is 3.90. The largest absolute Gasteiger partial charge is 0.472 e. The van der Waals surface area contributed by atoms with Gasteiger partial charge in [-0.3, -0.25) is 18.6 Å². The molecule has 1 N–H and O–H groups in total. The van der Waals surface area contributed by atoms with Crippen LogP contribution in [0.4, 0.5) is 0 Å². The monoisotopic (exact) mass is 1120 g/mol. The van der Waals surface area contributed by atoms with Crippen LogP contribution in [0.1, 0.15) is 322 Å². The van der Waals surface area contributed by atoms with E-state index in [9.17, 15) is 19.0 Å². The molecular weight excluding hydrogens is 990 g/mol. The normalized spacial score (nSPS) is 13.5. The van der Waals surface area contributed by atoms with Gasteiger partial charge in [0.15, 0.2) is 6.10 Å². The summed E-state index contributed by atoms with van der Waals surface area (Å²) in [6.07, 6.45) is 76.5. The van der Waals surface area contributed by atoms with Crippen LogP contribution in [0, 0.1) is 0 Å². The van der Waals surface area contributed by atoms with Crippen molar-refractivity contribution in [2.75, 3.05) is 47.5 Å². The Hall–Kier alpha value is -2.03. The minimum absolute atomic E-state index is 0.0321. The van der Waals surface area contributed by atoms with Gasteiger partial charge in [0, 0.05) is 12.8 Å². The molecule has 0 heterocycles. The van der Waals surface area contributed by atoms with Crippen molar-refractivity contribution in [2.24, 2.45) is 0 Å². The molecule has 10 heteroatoms. The molecule has 2 atom stereocenters. The molecule has 9 nitrogen and oxygen atoms in total. The number of hydrogen-bond acceptors (Lipinski definition) is 7. The highest BCUT2D eigenvalue weighted by Gasteiger charge is 2.27. The van der Waals surface area contributed by atoms with Gasteiger partial charge in [0.2, 0.25) is 0 Å². The average Bonchev–Trinajstić information content (AvgIpc) is 3.41. The van der Waals surface area contributed by atoms with Crippen molar-refractivity contribution in [3.8, 4) is 0 Å². The summed E-state index contributed by atoms with van der Waals surface area (Å²) in [7, 11) is 1.49. The van der Waals surface area contributed by atoms with Crippen molar-refractivity contribution >= 4 is 19.8 Å². The van der Waals surface area contributed by atoms with Gasteiger partial charge in [0.05, 0.1) is 27.7 Å². The fraction of sp³-hybridized carbons (Fsp3) is 0.853. The van der Waals surface area contributed by atoms with Crippen LogP contribution < -0.4 is 0 Å². The molecule has 0 rings (SSSR count). The number of rotatable bonds is 62. The number of nitrogens with zero attached hydrogens (tertiary/aromatic N) is 1. The van der Waals surface area contributed by atoms with Gasteiger partial charge in [-0.15, -0.1) is 0 Å². The van der Waals surface area contributed by atoms with Crippen LogP contribution in [0.5, 0.6) is 0 Å². The average molecular weight is 1120 g/mol. The van der Waals surface area contributed by atoms with E-state index in [0.717, 1.165) is 64.2 Å². The minimum Gasteiger partial charge on any atom is -0.462 e. The van der Waals surface area contributed by atoms with Crippen LogP contribution in [0.2, 0.25) is 0 Å². The third-order valence-corrected chi connectivity index (χ3v) is 15.8. The van der Waals surface area contributed by atoms with Crippen molar-refractivity contribution in [1.29, 1.82) is 0 Å². The lowest BCUT2D eigenvalue weighted by Crippen LogP contribution is -2.37. The predicted molar refractivity (Wildman–Crippen MR) is 335 cm³/mol. The van der Waals surface area contributed by atoms with E-state index in [1.807, 2.05) is 21.1 Å². The van der Waals surface area contributed by atoms with Gasteiger partial charge >= 0.3 is 19.8 Å². The molecule has 0 aromatic heterocycles. The smallest absolute Gasteiger partial charge is 0.462 e. The van der Waals surface area contributed by atoms with E-state index >= 15 is 0 Å². The Bertz CT molecular complexity index is 1460. The van der Waals surface area contributed by atoms with E-state index in [-0.39, 0.29) is 32.0 Å². The van der Waals surface area contributed by atoms with E-state index in [2.05, 4.69) is 62.5 Å². The third-order valence-electron chi connectivity index (χ3n) is 14.8. The summed E-state index contributed by atoms with van der Waals surface area (Å²) >= 11 is 0. The topological polar surface area (TPSA) is 108 Å². The van der Waals surface area contributed by atoms with Crippen LogP contribution >= 0.6 is 7.82 Å². The molecule has 0 aliphatic heterocycles. The lowest BCUT2D eigenvalue weighted by atomic mass is 10.0. The van der Waals surface area contributed by atoms with Gasteiger partial charge < -0.3 is 18.9 Å². The first-order valence-electron chi connectivity index (χ1n) is 33.4. The molecule has 0 spiro atoms. The molecule has 0 bridgehead atoms. The van der Waals surface area contributed by atoms with E-state index in [4.69, 9.17) is 18.5 Å². The number of allylic oxidation sites excluding steroid dienone is 8. The summed E-state index contributed by atoms with van der Waals surface area (Å²) in [6, 6.07) is 0. The predicted octanol–water partition coefficient (Wildman–Crippen LogP) is 21.3. The number of ether oxygens (including phenoxy) is 2. The van der Waals surface area contributed by atoms with Crippen molar-refractivity contribution in [3.05, 3.63) is 48.6 Å². The zero-order chi connectivity index (χ0) is 57.0. The number of carbonyl (C=O) groups excluding carboxylic acids is 2. The maximum absolute atomic E-state index is 12.8. The fourth-order valence-corrected chi connectivity index (χ4v) is 10.4. The van der Waals surface area contributed by atoms with Crippen LogP contribution in [0.25, 0.3) is 0 Å². The lowest BCUT2D eigenvalue weighted by Gasteiger charge is -2.24. The Morgan fingerprint density at radius 3 is 1.04 bits per heavy atom. The van der Waals surface area contributed by atoms with Crippen LogP contribution in [0.3, 0.4) is 0 Å². The number of unbranched alkanes of at least 4 members (excludes halogenated alkanes) is 40. The van der Waals surface area contributed by atoms with Crippen molar-refractivity contribution < 1.29 is 42.1 Å². The summed E-state index contributed by atoms with van der Waals surface area (Å²) in [6.45, 7) is 4.44. The first-order chi connectivity index (χ1) is 38.0. The molecule has 0 aromatic carbocycles. The molecule has 0 aliphatic carbocycles. The second kappa shape index (κ2) is 59.6. The quantitative estimate of drug-likeness (QED) is 0.0211. The van der Waals surface area contributed by atoms with Gasteiger partial charge in [0.1, 0.15) is 19.8 Å². The Labute approximate surface area is 484 Å². The summed E-state index contributed by atoms with van der Waals surface area (Å²) < 4.78 is 34.6. The molecular formula is C68H129NO8P+. The molecule has 0 aromatic rings. The Morgan fingerprint density at radius 1 is 0.397 bits per heavy atom.